The summed E-state index contributed by atoms with van der Waals surface area (Å²) >= 11 is 0. The fraction of sp³-hybridized carbons (Fsp3) is 0.333. The molecule has 0 aliphatic carbocycles. The van der Waals surface area contributed by atoms with Crippen LogP contribution in [0.5, 0.6) is 11.5 Å². The van der Waals surface area contributed by atoms with Crippen LogP contribution in [0.25, 0.3) is 23.2 Å². The quantitative estimate of drug-likeness (QED) is 0.685. The summed E-state index contributed by atoms with van der Waals surface area (Å²) in [7, 11) is 3.14. The lowest BCUT2D eigenvalue weighted by Gasteiger charge is -2.07. The second-order valence-corrected chi connectivity index (χ2v) is 4.76. The van der Waals surface area contributed by atoms with Crippen LogP contribution in [0.4, 0.5) is 0 Å². The first-order chi connectivity index (χ1) is 11.2. The summed E-state index contributed by atoms with van der Waals surface area (Å²) in [6.45, 7) is 2.04. The molecule has 1 aromatic carbocycles. The molecule has 8 nitrogen and oxygen atoms in total. The molecule has 0 spiro atoms. The van der Waals surface area contributed by atoms with Crippen LogP contribution in [-0.2, 0) is 6.42 Å². The highest BCUT2D eigenvalue weighted by Gasteiger charge is 2.18. The molecule has 23 heavy (non-hydrogen) atoms. The van der Waals surface area contributed by atoms with Gasteiger partial charge < -0.3 is 18.5 Å². The SMILES string of the molecule is CCCc1noc(-c2nc(-c3ccc(OC)c(OC)c3)no2)n1. The second kappa shape index (κ2) is 6.47. The van der Waals surface area contributed by atoms with E-state index in [1.807, 2.05) is 13.0 Å². The zero-order valence-electron chi connectivity index (χ0n) is 13.1. The van der Waals surface area contributed by atoms with Crippen molar-refractivity contribution < 1.29 is 18.5 Å². The Balaban J connectivity index is 1.89. The minimum absolute atomic E-state index is 0.185. The highest BCUT2D eigenvalue weighted by Crippen LogP contribution is 2.31. The van der Waals surface area contributed by atoms with Crippen molar-refractivity contribution in [3.8, 4) is 34.7 Å². The topological polar surface area (TPSA) is 96.3 Å². The maximum absolute atomic E-state index is 5.27. The molecule has 120 valence electrons. The highest BCUT2D eigenvalue weighted by molar-refractivity contribution is 5.61. The molecule has 3 rings (SSSR count). The molecule has 0 atom stereocenters. The van der Waals surface area contributed by atoms with E-state index in [0.717, 1.165) is 18.4 Å². The van der Waals surface area contributed by atoms with Crippen LogP contribution in [0.15, 0.2) is 27.2 Å². The zero-order chi connectivity index (χ0) is 16.2. The molecule has 0 aliphatic heterocycles. The van der Waals surface area contributed by atoms with Gasteiger partial charge in [-0.15, -0.1) is 0 Å². The van der Waals surface area contributed by atoms with Crippen LogP contribution in [0.3, 0.4) is 0 Å². The Bertz CT molecular complexity index is 796. The van der Waals surface area contributed by atoms with E-state index in [-0.39, 0.29) is 11.8 Å². The van der Waals surface area contributed by atoms with Crippen molar-refractivity contribution in [1.82, 2.24) is 20.3 Å². The maximum Gasteiger partial charge on any atom is 0.316 e. The van der Waals surface area contributed by atoms with Gasteiger partial charge in [-0.25, -0.2) is 0 Å². The van der Waals surface area contributed by atoms with Crippen LogP contribution in [0.1, 0.15) is 19.2 Å². The van der Waals surface area contributed by atoms with Gasteiger partial charge in [-0.2, -0.15) is 9.97 Å². The van der Waals surface area contributed by atoms with Crippen LogP contribution in [0, 0.1) is 0 Å². The Morgan fingerprint density at radius 2 is 1.70 bits per heavy atom. The van der Waals surface area contributed by atoms with E-state index in [0.29, 0.717) is 23.1 Å². The van der Waals surface area contributed by atoms with Crippen molar-refractivity contribution in [1.29, 1.82) is 0 Å². The molecule has 0 amide bonds. The van der Waals surface area contributed by atoms with Gasteiger partial charge in [0, 0.05) is 12.0 Å². The molecule has 2 aromatic heterocycles. The number of hydrogen-bond acceptors (Lipinski definition) is 8. The number of aryl methyl sites for hydroxylation is 1. The van der Waals surface area contributed by atoms with E-state index >= 15 is 0 Å². The van der Waals surface area contributed by atoms with Crippen molar-refractivity contribution in [3.63, 3.8) is 0 Å². The minimum Gasteiger partial charge on any atom is -0.493 e. The lowest BCUT2D eigenvalue weighted by atomic mass is 10.2. The molecule has 0 radical (unpaired) electrons. The second-order valence-electron chi connectivity index (χ2n) is 4.76. The van der Waals surface area contributed by atoms with Crippen molar-refractivity contribution in [2.45, 2.75) is 19.8 Å². The third-order valence-electron chi connectivity index (χ3n) is 3.19. The Morgan fingerprint density at radius 1 is 0.957 bits per heavy atom. The van der Waals surface area contributed by atoms with E-state index in [2.05, 4.69) is 20.3 Å². The minimum atomic E-state index is 0.185. The number of rotatable bonds is 6. The van der Waals surface area contributed by atoms with E-state index in [1.165, 1.54) is 0 Å². The molecule has 0 N–H and O–H groups in total. The Labute approximate surface area is 132 Å². The van der Waals surface area contributed by atoms with Gasteiger partial charge in [0.05, 0.1) is 14.2 Å². The van der Waals surface area contributed by atoms with Gasteiger partial charge in [0.15, 0.2) is 17.3 Å². The number of aromatic nitrogens is 4. The van der Waals surface area contributed by atoms with E-state index in [4.69, 9.17) is 18.5 Å². The summed E-state index contributed by atoms with van der Waals surface area (Å²) < 4.78 is 20.8. The Kier molecular flexibility index (Phi) is 4.22. The molecule has 0 unspecified atom stereocenters. The number of hydrogen-bond donors (Lipinski definition) is 0. The van der Waals surface area contributed by atoms with Crippen LogP contribution in [-0.4, -0.2) is 34.5 Å². The molecule has 8 heteroatoms. The third-order valence-corrected chi connectivity index (χ3v) is 3.19. The normalized spacial score (nSPS) is 10.7. The van der Waals surface area contributed by atoms with Gasteiger partial charge >= 0.3 is 11.8 Å². The van der Waals surface area contributed by atoms with Crippen molar-refractivity contribution in [3.05, 3.63) is 24.0 Å². The monoisotopic (exact) mass is 316 g/mol. The number of methoxy groups -OCH3 is 2. The summed E-state index contributed by atoms with van der Waals surface area (Å²) in [5.41, 5.74) is 0.728. The molecular weight excluding hydrogens is 300 g/mol. The molecule has 3 aromatic rings. The summed E-state index contributed by atoms with van der Waals surface area (Å²) in [6.07, 6.45) is 1.67. The lowest BCUT2D eigenvalue weighted by molar-refractivity contribution is 0.355. The largest absolute Gasteiger partial charge is 0.493 e. The van der Waals surface area contributed by atoms with Gasteiger partial charge in [-0.3, -0.25) is 0 Å². The average molecular weight is 316 g/mol. The number of benzene rings is 1. The highest BCUT2D eigenvalue weighted by atomic mass is 16.5. The predicted octanol–water partition coefficient (Wildman–Crippen LogP) is 2.76. The Hall–Kier alpha value is -2.90. The maximum atomic E-state index is 5.27. The zero-order valence-corrected chi connectivity index (χ0v) is 13.1. The van der Waals surface area contributed by atoms with Gasteiger partial charge in [0.2, 0.25) is 5.82 Å². The summed E-state index contributed by atoms with van der Waals surface area (Å²) in [4.78, 5) is 8.50. The van der Waals surface area contributed by atoms with Crippen LogP contribution < -0.4 is 9.47 Å². The summed E-state index contributed by atoms with van der Waals surface area (Å²) in [5.74, 6) is 2.63. The first-order valence-corrected chi connectivity index (χ1v) is 7.14. The molecule has 0 saturated carbocycles. The van der Waals surface area contributed by atoms with E-state index in [9.17, 15) is 0 Å². The average Bonchev–Trinajstić information content (AvgIpc) is 3.23. The van der Waals surface area contributed by atoms with Gasteiger partial charge in [-0.05, 0) is 24.6 Å². The standard InChI is InChI=1S/C15H16N4O4/c1-4-5-12-16-14(22-18-12)15-17-13(19-23-15)9-6-7-10(20-2)11(8-9)21-3/h6-8H,4-5H2,1-3H3. The first kappa shape index (κ1) is 15.0. The fourth-order valence-electron chi connectivity index (χ4n) is 2.07. The number of nitrogens with zero attached hydrogens (tertiary/aromatic N) is 4. The molecule has 0 fully saturated rings. The van der Waals surface area contributed by atoms with Crippen LogP contribution >= 0.6 is 0 Å². The summed E-state index contributed by atoms with van der Waals surface area (Å²) in [6, 6.07) is 5.35. The van der Waals surface area contributed by atoms with Crippen molar-refractivity contribution in [2.24, 2.45) is 0 Å². The van der Waals surface area contributed by atoms with E-state index in [1.54, 1.807) is 26.4 Å². The Morgan fingerprint density at radius 3 is 2.43 bits per heavy atom. The molecule has 2 heterocycles. The van der Waals surface area contributed by atoms with E-state index < -0.39 is 0 Å². The van der Waals surface area contributed by atoms with Crippen molar-refractivity contribution in [2.75, 3.05) is 14.2 Å². The predicted molar refractivity (Wildman–Crippen MR) is 80.1 cm³/mol. The molecule has 0 saturated heterocycles. The van der Waals surface area contributed by atoms with Gasteiger partial charge in [-0.1, -0.05) is 17.2 Å². The fourth-order valence-corrected chi connectivity index (χ4v) is 2.07. The molecule has 0 bridgehead atoms. The first-order valence-electron chi connectivity index (χ1n) is 7.14. The smallest absolute Gasteiger partial charge is 0.316 e. The lowest BCUT2D eigenvalue weighted by Crippen LogP contribution is -1.91. The van der Waals surface area contributed by atoms with Crippen LogP contribution in [0.2, 0.25) is 0 Å². The molecular formula is C15H16N4O4. The third kappa shape index (κ3) is 3.01. The molecule has 0 aliphatic rings. The number of ether oxygens (including phenoxy) is 2. The van der Waals surface area contributed by atoms with Gasteiger partial charge in [0.25, 0.3) is 0 Å². The van der Waals surface area contributed by atoms with Gasteiger partial charge in [0.1, 0.15) is 0 Å². The van der Waals surface area contributed by atoms with Crippen molar-refractivity contribution >= 4 is 0 Å². The summed E-state index contributed by atoms with van der Waals surface area (Å²) in [5, 5.41) is 7.80.